The highest BCUT2D eigenvalue weighted by Crippen LogP contribution is 2.43. The highest BCUT2D eigenvalue weighted by atomic mass is 16.5. The van der Waals surface area contributed by atoms with Gasteiger partial charge in [0.2, 0.25) is 0 Å². The topological polar surface area (TPSA) is 153 Å². The molecule has 3 N–H and O–H groups in total. The first-order valence-electron chi connectivity index (χ1n) is 11.7. The van der Waals surface area contributed by atoms with E-state index < -0.39 is 36.3 Å². The van der Waals surface area contributed by atoms with E-state index in [2.05, 4.69) is 19.7 Å². The Bertz CT molecular complexity index is 1510. The molecule has 3 rings (SSSR count). The molecule has 0 unspecified atom stereocenters. The second-order valence-electron chi connectivity index (χ2n) is 8.28. The predicted molar refractivity (Wildman–Crippen MR) is 144 cm³/mol. The first kappa shape index (κ1) is 28.6. The Labute approximate surface area is 223 Å². The molecule has 0 aliphatic carbocycles. The van der Waals surface area contributed by atoms with Crippen molar-refractivity contribution < 1.29 is 43.5 Å². The number of aliphatic carboxylic acids is 2. The standard InChI is InChI=1S/C29H28O10/c1-5-8-17-16(11-12-21(36-4)28(17)38-15-24(33)34)22-13-20(30)25-26(35)18(9-6-2)27(37-14-23(31)32)19(10-7-3)29(25)39-22/h5-7,11-13,35H,1-3,8-10,14-15H2,4H3,(H,31,32)(H,33,34). The lowest BCUT2D eigenvalue weighted by Crippen LogP contribution is -2.14. The number of carboxylic acid groups (broad SMARTS) is 2. The quantitative estimate of drug-likeness (QED) is 0.254. The van der Waals surface area contributed by atoms with E-state index in [-0.39, 0.29) is 58.8 Å². The van der Waals surface area contributed by atoms with Crippen molar-refractivity contribution >= 4 is 22.9 Å². The molecule has 1 heterocycles. The van der Waals surface area contributed by atoms with Gasteiger partial charge in [0, 0.05) is 28.3 Å². The molecular weight excluding hydrogens is 508 g/mol. The summed E-state index contributed by atoms with van der Waals surface area (Å²) < 4.78 is 22.6. The van der Waals surface area contributed by atoms with Gasteiger partial charge in [-0.05, 0) is 31.4 Å². The zero-order valence-corrected chi connectivity index (χ0v) is 21.3. The molecule has 0 amide bonds. The first-order valence-corrected chi connectivity index (χ1v) is 11.7. The number of hydrogen-bond donors (Lipinski definition) is 3. The molecule has 0 saturated heterocycles. The van der Waals surface area contributed by atoms with Crippen molar-refractivity contribution in [2.24, 2.45) is 0 Å². The van der Waals surface area contributed by atoms with Crippen LogP contribution in [0.4, 0.5) is 0 Å². The summed E-state index contributed by atoms with van der Waals surface area (Å²) in [5.74, 6) is -2.31. The number of fused-ring (bicyclic) bond motifs is 1. The van der Waals surface area contributed by atoms with Crippen LogP contribution in [-0.2, 0) is 28.9 Å². The number of rotatable bonds is 14. The van der Waals surface area contributed by atoms with E-state index >= 15 is 0 Å². The van der Waals surface area contributed by atoms with Crippen LogP contribution in [-0.4, -0.2) is 47.6 Å². The average Bonchev–Trinajstić information content (AvgIpc) is 2.89. The van der Waals surface area contributed by atoms with Crippen molar-refractivity contribution in [2.75, 3.05) is 20.3 Å². The zero-order chi connectivity index (χ0) is 28.7. The number of ether oxygens (including phenoxy) is 3. The van der Waals surface area contributed by atoms with Crippen molar-refractivity contribution in [1.82, 2.24) is 0 Å². The molecule has 0 aliphatic rings. The van der Waals surface area contributed by atoms with Crippen LogP contribution in [0, 0.1) is 0 Å². The molecule has 0 atom stereocenters. The lowest BCUT2D eigenvalue weighted by atomic mass is 9.96. The van der Waals surface area contributed by atoms with Gasteiger partial charge in [-0.15, -0.1) is 19.7 Å². The summed E-state index contributed by atoms with van der Waals surface area (Å²) in [6.07, 6.45) is 5.00. The van der Waals surface area contributed by atoms with E-state index in [0.717, 1.165) is 0 Å². The molecule has 2 aromatic carbocycles. The monoisotopic (exact) mass is 536 g/mol. The number of benzene rings is 2. The van der Waals surface area contributed by atoms with Crippen molar-refractivity contribution in [3.8, 4) is 34.3 Å². The number of methoxy groups -OCH3 is 1. The van der Waals surface area contributed by atoms with Crippen LogP contribution < -0.4 is 19.6 Å². The number of aromatic hydroxyl groups is 1. The molecule has 0 aliphatic heterocycles. The van der Waals surface area contributed by atoms with Crippen molar-refractivity contribution in [2.45, 2.75) is 19.3 Å². The molecule has 1 aromatic heterocycles. The van der Waals surface area contributed by atoms with Gasteiger partial charge in [0.15, 0.2) is 30.1 Å². The zero-order valence-electron chi connectivity index (χ0n) is 21.3. The van der Waals surface area contributed by atoms with Crippen LogP contribution >= 0.6 is 0 Å². The summed E-state index contributed by atoms with van der Waals surface area (Å²) in [5.41, 5.74) is 0.761. The van der Waals surface area contributed by atoms with Gasteiger partial charge in [0.25, 0.3) is 0 Å². The fourth-order valence-electron chi connectivity index (χ4n) is 4.22. The normalized spacial score (nSPS) is 10.6. The van der Waals surface area contributed by atoms with Gasteiger partial charge < -0.3 is 33.9 Å². The molecule has 3 aromatic rings. The molecule has 10 heteroatoms. The Morgan fingerprint density at radius 2 is 1.46 bits per heavy atom. The van der Waals surface area contributed by atoms with Gasteiger partial charge in [0.1, 0.15) is 28.2 Å². The number of carboxylic acids is 2. The van der Waals surface area contributed by atoms with Crippen LogP contribution in [0.15, 0.2) is 65.4 Å². The second kappa shape index (κ2) is 12.5. The lowest BCUT2D eigenvalue weighted by molar-refractivity contribution is -0.140. The highest BCUT2D eigenvalue weighted by molar-refractivity contribution is 5.92. The van der Waals surface area contributed by atoms with E-state index in [9.17, 15) is 24.6 Å². The maximum Gasteiger partial charge on any atom is 0.341 e. The Hall–Kier alpha value is -4.99. The molecule has 0 bridgehead atoms. The molecule has 0 radical (unpaired) electrons. The number of phenolic OH excluding ortho intramolecular Hbond substituents is 1. The summed E-state index contributed by atoms with van der Waals surface area (Å²) in [7, 11) is 1.40. The summed E-state index contributed by atoms with van der Waals surface area (Å²) >= 11 is 0. The smallest absolute Gasteiger partial charge is 0.341 e. The van der Waals surface area contributed by atoms with E-state index in [4.69, 9.17) is 23.7 Å². The fraction of sp³-hybridized carbons (Fsp3) is 0.207. The Morgan fingerprint density at radius 1 is 0.897 bits per heavy atom. The largest absolute Gasteiger partial charge is 0.507 e. The maximum atomic E-state index is 13.4. The van der Waals surface area contributed by atoms with Gasteiger partial charge in [-0.2, -0.15) is 0 Å². The van der Waals surface area contributed by atoms with Crippen LogP contribution in [0.2, 0.25) is 0 Å². The Kier molecular flexibility index (Phi) is 9.16. The van der Waals surface area contributed by atoms with Crippen LogP contribution in [0.1, 0.15) is 16.7 Å². The summed E-state index contributed by atoms with van der Waals surface area (Å²) in [6, 6.07) is 4.36. The van der Waals surface area contributed by atoms with Gasteiger partial charge in [-0.25, -0.2) is 9.59 Å². The van der Waals surface area contributed by atoms with Crippen molar-refractivity contribution in [1.29, 1.82) is 0 Å². The maximum absolute atomic E-state index is 13.4. The minimum absolute atomic E-state index is 0.0172. The van der Waals surface area contributed by atoms with Crippen LogP contribution in [0.3, 0.4) is 0 Å². The highest BCUT2D eigenvalue weighted by Gasteiger charge is 2.26. The minimum Gasteiger partial charge on any atom is -0.507 e. The third kappa shape index (κ3) is 5.96. The van der Waals surface area contributed by atoms with E-state index in [1.165, 1.54) is 25.3 Å². The van der Waals surface area contributed by atoms with Crippen molar-refractivity contribution in [3.63, 3.8) is 0 Å². The predicted octanol–water partition coefficient (Wildman–Crippen LogP) is 4.29. The van der Waals surface area contributed by atoms with E-state index in [1.54, 1.807) is 18.2 Å². The minimum atomic E-state index is -1.24. The first-order chi connectivity index (χ1) is 18.7. The summed E-state index contributed by atoms with van der Waals surface area (Å²) in [5, 5.41) is 29.3. The molecule has 0 fully saturated rings. The molecule has 0 spiro atoms. The number of carbonyl (C=O) groups is 2. The molecule has 10 nitrogen and oxygen atoms in total. The SMILES string of the molecule is C=CCc1c(-c2cc(=O)c3c(O)c(CC=C)c(OCC(=O)O)c(CC=C)c3o2)ccc(OC)c1OCC(=O)O. The molecule has 39 heavy (non-hydrogen) atoms. The van der Waals surface area contributed by atoms with Gasteiger partial charge in [0.05, 0.1) is 7.11 Å². The average molecular weight is 537 g/mol. The van der Waals surface area contributed by atoms with Gasteiger partial charge >= 0.3 is 11.9 Å². The van der Waals surface area contributed by atoms with Crippen LogP contribution in [0.25, 0.3) is 22.3 Å². The second-order valence-corrected chi connectivity index (χ2v) is 8.28. The van der Waals surface area contributed by atoms with Gasteiger partial charge in [-0.3, -0.25) is 4.79 Å². The third-order valence-corrected chi connectivity index (χ3v) is 5.73. The molecular formula is C29H28O10. The molecule has 204 valence electrons. The summed E-state index contributed by atoms with van der Waals surface area (Å²) in [6.45, 7) is 9.82. The Morgan fingerprint density at radius 3 is 2.03 bits per heavy atom. The van der Waals surface area contributed by atoms with Crippen LogP contribution in [0.5, 0.6) is 23.0 Å². The van der Waals surface area contributed by atoms with Gasteiger partial charge in [-0.1, -0.05) is 18.2 Å². The number of phenols is 1. The number of allylic oxidation sites excluding steroid dienone is 3. The van der Waals surface area contributed by atoms with Crippen molar-refractivity contribution in [3.05, 3.63) is 83.1 Å². The fourth-order valence-corrected chi connectivity index (χ4v) is 4.22. The van der Waals surface area contributed by atoms with E-state index in [1.807, 2.05) is 0 Å². The number of hydrogen-bond acceptors (Lipinski definition) is 8. The van der Waals surface area contributed by atoms with E-state index in [0.29, 0.717) is 16.7 Å². The molecule has 0 saturated carbocycles. The summed E-state index contributed by atoms with van der Waals surface area (Å²) in [4.78, 5) is 35.9. The third-order valence-electron chi connectivity index (χ3n) is 5.73. The lowest BCUT2D eigenvalue weighted by Gasteiger charge is -2.19. The Balaban J connectivity index is 2.42.